The molecular weight excluding hydrogens is 308 g/mol. The number of rotatable bonds is 10. The molecule has 3 N–H and O–H groups in total. The molecule has 118 valence electrons. The normalized spacial score (nSPS) is 15.1. The number of hydrogen-bond acceptors (Lipinski definition) is 5. The molecule has 0 aromatic heterocycles. The first-order valence-corrected chi connectivity index (χ1v) is 9.81. The van der Waals surface area contributed by atoms with Gasteiger partial charge in [-0.3, -0.25) is 0 Å². The molecule has 5 nitrogen and oxygen atoms in total. The summed E-state index contributed by atoms with van der Waals surface area (Å²) in [5.74, 6) is 1.80. The Hall–Kier alpha value is -0.760. The lowest BCUT2D eigenvalue weighted by Crippen LogP contribution is -2.26. The zero-order chi connectivity index (χ0) is 15.1. The van der Waals surface area contributed by atoms with Crippen molar-refractivity contribution in [3.05, 3.63) is 24.3 Å². The van der Waals surface area contributed by atoms with Crippen LogP contribution in [0.4, 0.5) is 5.69 Å². The van der Waals surface area contributed by atoms with Crippen molar-refractivity contribution in [2.45, 2.75) is 30.2 Å². The van der Waals surface area contributed by atoms with Crippen molar-refractivity contribution >= 4 is 27.5 Å². The maximum absolute atomic E-state index is 12.3. The summed E-state index contributed by atoms with van der Waals surface area (Å²) in [5.41, 5.74) is 0.647. The average Bonchev–Trinajstić information content (AvgIpc) is 3.26. The smallest absolute Gasteiger partial charge is 0.242 e. The number of thioether (sulfide) groups is 1. The highest BCUT2D eigenvalue weighted by Gasteiger charge is 2.29. The molecule has 0 saturated heterocycles. The van der Waals surface area contributed by atoms with Gasteiger partial charge in [0.1, 0.15) is 4.90 Å². The van der Waals surface area contributed by atoms with Crippen LogP contribution in [-0.2, 0) is 10.0 Å². The minimum absolute atomic E-state index is 0.108. The quantitative estimate of drug-likeness (QED) is 0.569. The van der Waals surface area contributed by atoms with Gasteiger partial charge in [0.05, 0.1) is 5.69 Å². The highest BCUT2D eigenvalue weighted by Crippen LogP contribution is 2.25. The third-order valence-electron chi connectivity index (χ3n) is 3.08. The van der Waals surface area contributed by atoms with Crippen molar-refractivity contribution < 1.29 is 13.5 Å². The summed E-state index contributed by atoms with van der Waals surface area (Å²) in [5, 5.41) is 11.9. The van der Waals surface area contributed by atoms with Crippen molar-refractivity contribution in [2.24, 2.45) is 0 Å². The number of para-hydroxylation sites is 1. The van der Waals surface area contributed by atoms with E-state index in [-0.39, 0.29) is 12.6 Å². The lowest BCUT2D eigenvalue weighted by atomic mass is 10.3. The topological polar surface area (TPSA) is 78.4 Å². The molecule has 0 heterocycles. The van der Waals surface area contributed by atoms with Crippen LogP contribution in [0.3, 0.4) is 0 Å². The summed E-state index contributed by atoms with van der Waals surface area (Å²) in [4.78, 5) is 0.317. The van der Waals surface area contributed by atoms with Crippen molar-refractivity contribution in [1.29, 1.82) is 0 Å². The van der Waals surface area contributed by atoms with Crippen molar-refractivity contribution in [1.82, 2.24) is 4.72 Å². The van der Waals surface area contributed by atoms with Gasteiger partial charge in [-0.2, -0.15) is 11.8 Å². The Morgan fingerprint density at radius 3 is 2.71 bits per heavy atom. The van der Waals surface area contributed by atoms with E-state index in [1.165, 1.54) is 0 Å². The van der Waals surface area contributed by atoms with E-state index in [0.29, 0.717) is 17.1 Å². The van der Waals surface area contributed by atoms with E-state index in [1.807, 2.05) is 6.07 Å². The second kappa shape index (κ2) is 8.03. The molecular formula is C14H22N2O3S2. The third kappa shape index (κ3) is 5.50. The van der Waals surface area contributed by atoms with Gasteiger partial charge in [0.15, 0.2) is 0 Å². The minimum Gasteiger partial charge on any atom is -0.396 e. The highest BCUT2D eigenvalue weighted by molar-refractivity contribution is 7.99. The fourth-order valence-electron chi connectivity index (χ4n) is 1.86. The standard InChI is InChI=1S/C14H22N2O3S2/c17-9-3-10-20-11-8-15-13-4-1-2-5-14(13)21(18,19)16-12-6-7-12/h1-2,4-5,12,15-17H,3,6-11H2. The van der Waals surface area contributed by atoms with Crippen LogP contribution in [0.5, 0.6) is 0 Å². The van der Waals surface area contributed by atoms with E-state index in [2.05, 4.69) is 10.0 Å². The van der Waals surface area contributed by atoms with Gasteiger partial charge in [-0.15, -0.1) is 0 Å². The number of hydrogen-bond donors (Lipinski definition) is 3. The van der Waals surface area contributed by atoms with Gasteiger partial charge in [-0.1, -0.05) is 12.1 Å². The summed E-state index contributed by atoms with van der Waals surface area (Å²) in [7, 11) is -3.43. The fraction of sp³-hybridized carbons (Fsp3) is 0.571. The van der Waals surface area contributed by atoms with Crippen molar-refractivity contribution in [2.75, 3.05) is 30.0 Å². The van der Waals surface area contributed by atoms with Crippen LogP contribution in [0.25, 0.3) is 0 Å². The summed E-state index contributed by atoms with van der Waals surface area (Å²) in [6, 6.07) is 7.10. The second-order valence-corrected chi connectivity index (χ2v) is 7.92. The maximum Gasteiger partial charge on any atom is 0.242 e. The van der Waals surface area contributed by atoms with Gasteiger partial charge in [0, 0.05) is 24.9 Å². The molecule has 1 saturated carbocycles. The van der Waals surface area contributed by atoms with E-state index >= 15 is 0 Å². The Bertz CT molecular complexity index is 545. The maximum atomic E-state index is 12.3. The number of aliphatic hydroxyl groups is 1. The van der Waals surface area contributed by atoms with Gasteiger partial charge in [0.2, 0.25) is 10.0 Å². The molecule has 0 atom stereocenters. The third-order valence-corrected chi connectivity index (χ3v) is 5.73. The molecule has 1 aromatic rings. The van der Waals surface area contributed by atoms with Gasteiger partial charge < -0.3 is 10.4 Å². The number of benzene rings is 1. The molecule has 0 spiro atoms. The van der Waals surface area contributed by atoms with Crippen LogP contribution in [0.15, 0.2) is 29.2 Å². The molecule has 0 aliphatic heterocycles. The van der Waals surface area contributed by atoms with Crippen LogP contribution < -0.4 is 10.0 Å². The molecule has 0 unspecified atom stereocenters. The van der Waals surface area contributed by atoms with Gasteiger partial charge >= 0.3 is 0 Å². The summed E-state index contributed by atoms with van der Waals surface area (Å²) >= 11 is 1.74. The summed E-state index contributed by atoms with van der Waals surface area (Å²) < 4.78 is 27.3. The molecule has 0 bridgehead atoms. The number of aliphatic hydroxyl groups excluding tert-OH is 1. The molecule has 1 aliphatic carbocycles. The number of anilines is 1. The van der Waals surface area contributed by atoms with Gasteiger partial charge in [-0.25, -0.2) is 13.1 Å². The summed E-state index contributed by atoms with van der Waals surface area (Å²) in [6.45, 7) is 0.917. The zero-order valence-electron chi connectivity index (χ0n) is 11.9. The fourth-order valence-corrected chi connectivity index (χ4v) is 4.13. The van der Waals surface area contributed by atoms with E-state index in [0.717, 1.165) is 30.8 Å². The van der Waals surface area contributed by atoms with Gasteiger partial charge in [0.25, 0.3) is 0 Å². The molecule has 7 heteroatoms. The first-order valence-electron chi connectivity index (χ1n) is 7.17. The van der Waals surface area contributed by atoms with Crippen LogP contribution >= 0.6 is 11.8 Å². The minimum atomic E-state index is -3.43. The van der Waals surface area contributed by atoms with E-state index in [1.54, 1.807) is 30.0 Å². The Morgan fingerprint density at radius 1 is 1.24 bits per heavy atom. The first-order chi connectivity index (χ1) is 10.1. The van der Waals surface area contributed by atoms with Crippen LogP contribution in [0, 0.1) is 0 Å². The molecule has 0 amide bonds. The number of nitrogens with one attached hydrogen (secondary N) is 2. The van der Waals surface area contributed by atoms with E-state index < -0.39 is 10.0 Å². The summed E-state index contributed by atoms with van der Waals surface area (Å²) in [6.07, 6.45) is 2.65. The Balaban J connectivity index is 1.90. The average molecular weight is 330 g/mol. The van der Waals surface area contributed by atoms with Crippen LogP contribution in [-0.4, -0.2) is 44.2 Å². The Kier molecular flexibility index (Phi) is 6.35. The van der Waals surface area contributed by atoms with E-state index in [4.69, 9.17) is 5.11 Å². The molecule has 2 rings (SSSR count). The second-order valence-electron chi connectivity index (χ2n) is 5.01. The van der Waals surface area contributed by atoms with E-state index in [9.17, 15) is 8.42 Å². The Morgan fingerprint density at radius 2 is 2.00 bits per heavy atom. The molecule has 0 radical (unpaired) electrons. The predicted octanol–water partition coefficient (Wildman–Crippen LogP) is 1.65. The van der Waals surface area contributed by atoms with Crippen LogP contribution in [0.2, 0.25) is 0 Å². The molecule has 1 aromatic carbocycles. The zero-order valence-corrected chi connectivity index (χ0v) is 13.5. The van der Waals surface area contributed by atoms with Crippen molar-refractivity contribution in [3.8, 4) is 0 Å². The molecule has 1 aliphatic rings. The van der Waals surface area contributed by atoms with Gasteiger partial charge in [-0.05, 0) is 37.1 Å². The first kappa shape index (κ1) is 16.6. The lowest BCUT2D eigenvalue weighted by molar-refractivity contribution is 0.296. The highest BCUT2D eigenvalue weighted by atomic mass is 32.2. The SMILES string of the molecule is O=S(=O)(NC1CC1)c1ccccc1NCCSCCCO. The Labute approximate surface area is 130 Å². The van der Waals surface area contributed by atoms with Crippen molar-refractivity contribution in [3.63, 3.8) is 0 Å². The largest absolute Gasteiger partial charge is 0.396 e. The molecule has 21 heavy (non-hydrogen) atoms. The monoisotopic (exact) mass is 330 g/mol. The molecule has 1 fully saturated rings. The lowest BCUT2D eigenvalue weighted by Gasteiger charge is -2.12. The predicted molar refractivity (Wildman–Crippen MR) is 87.3 cm³/mol. The number of sulfonamides is 1. The van der Waals surface area contributed by atoms with Crippen LogP contribution in [0.1, 0.15) is 19.3 Å².